The Labute approximate surface area is 208 Å². The summed E-state index contributed by atoms with van der Waals surface area (Å²) in [6, 6.07) is 25.6. The third kappa shape index (κ3) is 6.05. The lowest BCUT2D eigenvalue weighted by Gasteiger charge is -2.11. The highest BCUT2D eigenvalue weighted by molar-refractivity contribution is 14.1. The Balaban J connectivity index is 1.38. The minimum atomic E-state index is -3.61. The summed E-state index contributed by atoms with van der Waals surface area (Å²) in [6.07, 6.45) is 5.41. The van der Waals surface area contributed by atoms with Gasteiger partial charge in [0.15, 0.2) is 0 Å². The van der Waals surface area contributed by atoms with Gasteiger partial charge in [-0.15, -0.1) is 0 Å². The molecule has 0 unspecified atom stereocenters. The molecule has 3 aromatic carbocycles. The molecule has 4 aromatic rings. The summed E-state index contributed by atoms with van der Waals surface area (Å²) < 4.78 is 29.5. The van der Waals surface area contributed by atoms with Crippen molar-refractivity contribution in [1.29, 1.82) is 0 Å². The predicted octanol–water partition coefficient (Wildman–Crippen LogP) is 4.84. The number of nitrogens with one attached hydrogen (secondary N) is 2. The van der Waals surface area contributed by atoms with Crippen molar-refractivity contribution in [2.24, 2.45) is 0 Å². The van der Waals surface area contributed by atoms with Crippen LogP contribution in [0.4, 0.5) is 0 Å². The molecular weight excluding hydrogens is 545 g/mol. The highest BCUT2D eigenvalue weighted by atomic mass is 127. The van der Waals surface area contributed by atoms with Crippen LogP contribution in [0.1, 0.15) is 11.1 Å². The van der Waals surface area contributed by atoms with Gasteiger partial charge in [0.25, 0.3) is 0 Å². The van der Waals surface area contributed by atoms with Gasteiger partial charge in [0, 0.05) is 46.4 Å². The van der Waals surface area contributed by atoms with Gasteiger partial charge in [-0.2, -0.15) is 0 Å². The summed E-state index contributed by atoms with van der Waals surface area (Å²) in [5, 5.41) is 4.78. The maximum Gasteiger partial charge on any atom is 0.241 e. The van der Waals surface area contributed by atoms with Gasteiger partial charge in [-0.1, -0.05) is 60.7 Å². The molecule has 0 saturated carbocycles. The average Bonchev–Trinajstić information content (AvgIpc) is 2.84. The minimum absolute atomic E-state index is 0.271. The molecule has 0 aliphatic carbocycles. The van der Waals surface area contributed by atoms with E-state index in [1.165, 1.54) is 3.57 Å². The van der Waals surface area contributed by atoms with E-state index in [2.05, 4.69) is 80.1 Å². The standard InChI is InChI=1S/C26H24IN3O2S/c27-23-11-9-21(10-12-23)24(20-5-2-1-3-6-20)13-15-28-17-18-30-33(31,32)26-8-4-7-22-19-29-16-14-25(22)26/h1-14,16,19,28,30H,15,17-18H2/b24-13-. The Morgan fingerprint density at radius 1 is 0.879 bits per heavy atom. The Morgan fingerprint density at radius 2 is 1.64 bits per heavy atom. The monoisotopic (exact) mass is 569 g/mol. The maximum absolute atomic E-state index is 12.8. The van der Waals surface area contributed by atoms with Crippen LogP contribution in [0.25, 0.3) is 16.3 Å². The minimum Gasteiger partial charge on any atom is -0.312 e. The number of nitrogens with zero attached hydrogens (tertiary/aromatic N) is 1. The van der Waals surface area contributed by atoms with E-state index >= 15 is 0 Å². The maximum atomic E-state index is 12.8. The van der Waals surface area contributed by atoms with Crippen LogP contribution in [-0.2, 0) is 10.0 Å². The van der Waals surface area contributed by atoms with E-state index in [0.717, 1.165) is 22.1 Å². The van der Waals surface area contributed by atoms with E-state index in [-0.39, 0.29) is 4.90 Å². The average molecular weight is 569 g/mol. The molecule has 1 heterocycles. The second kappa shape index (κ2) is 11.0. The number of rotatable bonds is 9. The first-order chi connectivity index (χ1) is 16.0. The normalized spacial score (nSPS) is 12.2. The van der Waals surface area contributed by atoms with Gasteiger partial charge in [0.1, 0.15) is 0 Å². The molecule has 0 amide bonds. The van der Waals surface area contributed by atoms with Gasteiger partial charge in [0.2, 0.25) is 10.0 Å². The lowest BCUT2D eigenvalue weighted by atomic mass is 9.98. The third-order valence-electron chi connectivity index (χ3n) is 5.21. The molecule has 2 N–H and O–H groups in total. The van der Waals surface area contributed by atoms with E-state index < -0.39 is 10.0 Å². The van der Waals surface area contributed by atoms with E-state index in [4.69, 9.17) is 0 Å². The zero-order valence-corrected chi connectivity index (χ0v) is 20.9. The summed E-state index contributed by atoms with van der Waals surface area (Å²) in [7, 11) is -3.61. The van der Waals surface area contributed by atoms with Crippen molar-refractivity contribution >= 4 is 49.0 Å². The van der Waals surface area contributed by atoms with E-state index in [1.54, 1.807) is 30.6 Å². The molecule has 4 rings (SSSR count). The number of halogens is 1. The number of aromatic nitrogens is 1. The van der Waals surface area contributed by atoms with Gasteiger partial charge in [0.05, 0.1) is 4.90 Å². The molecule has 0 spiro atoms. The number of pyridine rings is 1. The van der Waals surface area contributed by atoms with Crippen molar-refractivity contribution in [2.45, 2.75) is 4.90 Å². The molecule has 5 nitrogen and oxygen atoms in total. The van der Waals surface area contributed by atoms with Gasteiger partial charge in [-0.05, 0) is 63.6 Å². The first-order valence-electron chi connectivity index (χ1n) is 10.6. The SMILES string of the molecule is O=S(=O)(NCCNC/C=C(/c1ccccc1)c1ccc(I)cc1)c1cccc2cnccc12. The molecule has 0 bridgehead atoms. The lowest BCUT2D eigenvalue weighted by molar-refractivity contribution is 0.579. The smallest absolute Gasteiger partial charge is 0.241 e. The van der Waals surface area contributed by atoms with Crippen LogP contribution < -0.4 is 10.0 Å². The lowest BCUT2D eigenvalue weighted by Crippen LogP contribution is -2.32. The van der Waals surface area contributed by atoms with Gasteiger partial charge in [-0.25, -0.2) is 13.1 Å². The van der Waals surface area contributed by atoms with Crippen LogP contribution in [0, 0.1) is 3.57 Å². The first kappa shape index (κ1) is 23.6. The molecule has 7 heteroatoms. The molecule has 0 radical (unpaired) electrons. The number of benzene rings is 3. The molecule has 0 saturated heterocycles. The predicted molar refractivity (Wildman–Crippen MR) is 142 cm³/mol. The van der Waals surface area contributed by atoms with Gasteiger partial charge >= 0.3 is 0 Å². The van der Waals surface area contributed by atoms with Crippen molar-refractivity contribution < 1.29 is 8.42 Å². The number of sulfonamides is 1. The van der Waals surface area contributed by atoms with Crippen molar-refractivity contribution in [3.63, 3.8) is 0 Å². The molecule has 0 fully saturated rings. The highest BCUT2D eigenvalue weighted by Crippen LogP contribution is 2.24. The fraction of sp³-hybridized carbons (Fsp3) is 0.115. The van der Waals surface area contributed by atoms with Crippen molar-refractivity contribution in [3.05, 3.63) is 112 Å². The Bertz CT molecular complexity index is 1350. The summed E-state index contributed by atoms with van der Waals surface area (Å²) in [6.45, 7) is 1.43. The summed E-state index contributed by atoms with van der Waals surface area (Å²) in [5.41, 5.74) is 3.44. The zero-order chi connectivity index (χ0) is 23.1. The zero-order valence-electron chi connectivity index (χ0n) is 17.9. The summed E-state index contributed by atoms with van der Waals surface area (Å²) >= 11 is 2.30. The largest absolute Gasteiger partial charge is 0.312 e. The molecular formula is C26H24IN3O2S. The van der Waals surface area contributed by atoms with E-state index in [0.29, 0.717) is 25.0 Å². The molecule has 168 valence electrons. The Morgan fingerprint density at radius 3 is 2.42 bits per heavy atom. The van der Waals surface area contributed by atoms with Crippen LogP contribution in [0.5, 0.6) is 0 Å². The van der Waals surface area contributed by atoms with Crippen molar-refractivity contribution in [2.75, 3.05) is 19.6 Å². The Hall–Kier alpha value is -2.59. The molecule has 0 aliphatic rings. The molecule has 0 atom stereocenters. The van der Waals surface area contributed by atoms with Gasteiger partial charge in [-0.3, -0.25) is 4.98 Å². The van der Waals surface area contributed by atoms with Crippen LogP contribution >= 0.6 is 22.6 Å². The van der Waals surface area contributed by atoms with Crippen molar-refractivity contribution in [3.8, 4) is 0 Å². The van der Waals surface area contributed by atoms with Crippen molar-refractivity contribution in [1.82, 2.24) is 15.0 Å². The molecule has 33 heavy (non-hydrogen) atoms. The van der Waals surface area contributed by atoms with Crippen LogP contribution in [0.2, 0.25) is 0 Å². The molecule has 1 aromatic heterocycles. The van der Waals surface area contributed by atoms with Crippen LogP contribution in [0.15, 0.2) is 102 Å². The number of fused-ring (bicyclic) bond motifs is 1. The second-order valence-electron chi connectivity index (χ2n) is 7.45. The number of hydrogen-bond donors (Lipinski definition) is 2. The first-order valence-corrected chi connectivity index (χ1v) is 13.2. The third-order valence-corrected chi connectivity index (χ3v) is 7.45. The van der Waals surface area contributed by atoms with Crippen LogP contribution in [-0.4, -0.2) is 33.0 Å². The quantitative estimate of drug-likeness (QED) is 0.224. The second-order valence-corrected chi connectivity index (χ2v) is 10.4. The topological polar surface area (TPSA) is 71.1 Å². The fourth-order valence-corrected chi connectivity index (χ4v) is 5.22. The highest BCUT2D eigenvalue weighted by Gasteiger charge is 2.16. The fourth-order valence-electron chi connectivity index (χ4n) is 3.60. The molecule has 0 aliphatic heterocycles. The summed E-state index contributed by atoms with van der Waals surface area (Å²) in [4.78, 5) is 4.33. The van der Waals surface area contributed by atoms with E-state index in [9.17, 15) is 8.42 Å². The summed E-state index contributed by atoms with van der Waals surface area (Å²) in [5.74, 6) is 0. The van der Waals surface area contributed by atoms with Crippen LogP contribution in [0.3, 0.4) is 0 Å². The number of hydrogen-bond acceptors (Lipinski definition) is 4. The Kier molecular flexibility index (Phi) is 7.87. The van der Waals surface area contributed by atoms with Gasteiger partial charge < -0.3 is 5.32 Å². The van der Waals surface area contributed by atoms with E-state index in [1.807, 2.05) is 24.3 Å².